The zero-order valence-electron chi connectivity index (χ0n) is 10.4. The minimum absolute atomic E-state index is 0.268. The lowest BCUT2D eigenvalue weighted by molar-refractivity contribution is 0.251. The molecule has 2 amide bonds. The Labute approximate surface area is 125 Å². The predicted molar refractivity (Wildman–Crippen MR) is 86.2 cm³/mol. The first-order valence-electron chi connectivity index (χ1n) is 5.78. The second-order valence-electron chi connectivity index (χ2n) is 3.94. The highest BCUT2D eigenvalue weighted by Crippen LogP contribution is 2.16. The van der Waals surface area contributed by atoms with Gasteiger partial charge in [0.05, 0.1) is 11.4 Å². The Balaban J connectivity index is 1.97. The Bertz CT molecular complexity index is 560. The molecule has 0 fully saturated rings. The van der Waals surface area contributed by atoms with Gasteiger partial charge in [-0.2, -0.15) is 0 Å². The Morgan fingerprint density at radius 1 is 1.05 bits per heavy atom. The van der Waals surface area contributed by atoms with Gasteiger partial charge < -0.3 is 5.32 Å². The highest BCUT2D eigenvalue weighted by Gasteiger charge is 2.07. The molecule has 2 rings (SSSR count). The highest BCUT2D eigenvalue weighted by atomic mass is 127. The van der Waals surface area contributed by atoms with Crippen molar-refractivity contribution in [2.45, 2.75) is 0 Å². The molecule has 0 aliphatic rings. The van der Waals surface area contributed by atoms with E-state index in [0.29, 0.717) is 0 Å². The van der Waals surface area contributed by atoms with Crippen LogP contribution in [0.5, 0.6) is 0 Å². The quantitative estimate of drug-likeness (QED) is 0.645. The number of carbonyl (C=O) groups is 1. The average molecular weight is 367 g/mol. The standard InChI is InChI=1S/C14H14IN3O/c1-18(11-7-3-2-4-8-11)17-14(19)16-13-10-6-5-9-12(13)15/h2-10H,1H3,(H2,16,17,19). The van der Waals surface area contributed by atoms with Crippen LogP contribution in [-0.2, 0) is 0 Å². The topological polar surface area (TPSA) is 44.4 Å². The van der Waals surface area contributed by atoms with Crippen molar-refractivity contribution in [3.8, 4) is 0 Å². The summed E-state index contributed by atoms with van der Waals surface area (Å²) < 4.78 is 0.998. The Kier molecular flexibility index (Phi) is 4.62. The van der Waals surface area contributed by atoms with Gasteiger partial charge in [-0.25, -0.2) is 10.2 Å². The van der Waals surface area contributed by atoms with Crippen LogP contribution in [0.2, 0.25) is 0 Å². The summed E-state index contributed by atoms with van der Waals surface area (Å²) in [6.07, 6.45) is 0. The van der Waals surface area contributed by atoms with Crippen molar-refractivity contribution in [1.29, 1.82) is 0 Å². The molecule has 0 saturated carbocycles. The van der Waals surface area contributed by atoms with E-state index in [-0.39, 0.29) is 6.03 Å². The second kappa shape index (κ2) is 6.42. The highest BCUT2D eigenvalue weighted by molar-refractivity contribution is 14.1. The Morgan fingerprint density at radius 2 is 1.68 bits per heavy atom. The third kappa shape index (κ3) is 3.85. The van der Waals surface area contributed by atoms with E-state index >= 15 is 0 Å². The van der Waals surface area contributed by atoms with E-state index in [1.807, 2.05) is 54.6 Å². The van der Waals surface area contributed by atoms with Crippen LogP contribution in [0.3, 0.4) is 0 Å². The summed E-state index contributed by atoms with van der Waals surface area (Å²) in [6, 6.07) is 17.0. The van der Waals surface area contributed by atoms with Gasteiger partial charge in [-0.05, 0) is 46.9 Å². The normalized spacial score (nSPS) is 9.79. The number of para-hydroxylation sites is 2. The molecule has 0 saturated heterocycles. The lowest BCUT2D eigenvalue weighted by atomic mass is 10.3. The predicted octanol–water partition coefficient (Wildman–Crippen LogP) is 3.46. The van der Waals surface area contributed by atoms with Crippen LogP contribution >= 0.6 is 22.6 Å². The summed E-state index contributed by atoms with van der Waals surface area (Å²) in [5.74, 6) is 0. The van der Waals surface area contributed by atoms with Crippen LogP contribution in [0.25, 0.3) is 0 Å². The monoisotopic (exact) mass is 367 g/mol. The maximum atomic E-state index is 11.9. The number of hydrogen-bond acceptors (Lipinski definition) is 2. The molecular weight excluding hydrogens is 353 g/mol. The molecule has 0 aliphatic heterocycles. The largest absolute Gasteiger partial charge is 0.338 e. The van der Waals surface area contributed by atoms with Gasteiger partial charge in [-0.15, -0.1) is 0 Å². The zero-order chi connectivity index (χ0) is 13.7. The molecular formula is C14H14IN3O. The Hall–Kier alpha value is -1.76. The summed E-state index contributed by atoms with van der Waals surface area (Å²) >= 11 is 2.18. The van der Waals surface area contributed by atoms with Crippen molar-refractivity contribution in [1.82, 2.24) is 5.43 Å². The molecule has 2 aromatic rings. The zero-order valence-corrected chi connectivity index (χ0v) is 12.6. The van der Waals surface area contributed by atoms with Crippen LogP contribution in [-0.4, -0.2) is 13.1 Å². The molecule has 0 spiro atoms. The summed E-state index contributed by atoms with van der Waals surface area (Å²) in [6.45, 7) is 0. The third-order valence-electron chi connectivity index (χ3n) is 2.53. The molecule has 0 aromatic heterocycles. The van der Waals surface area contributed by atoms with Crippen molar-refractivity contribution in [2.24, 2.45) is 0 Å². The molecule has 4 nitrogen and oxygen atoms in total. The van der Waals surface area contributed by atoms with Crippen LogP contribution < -0.4 is 15.8 Å². The lowest BCUT2D eigenvalue weighted by Gasteiger charge is -2.20. The van der Waals surface area contributed by atoms with E-state index in [9.17, 15) is 4.79 Å². The summed E-state index contributed by atoms with van der Waals surface area (Å²) in [4.78, 5) is 11.9. The van der Waals surface area contributed by atoms with E-state index in [2.05, 4.69) is 33.3 Å². The number of urea groups is 1. The second-order valence-corrected chi connectivity index (χ2v) is 5.10. The summed E-state index contributed by atoms with van der Waals surface area (Å²) in [7, 11) is 1.80. The van der Waals surface area contributed by atoms with E-state index in [1.165, 1.54) is 0 Å². The van der Waals surface area contributed by atoms with Gasteiger partial charge in [0, 0.05) is 10.6 Å². The maximum Gasteiger partial charge on any atom is 0.338 e. The number of nitrogens with one attached hydrogen (secondary N) is 2. The average Bonchev–Trinajstić information content (AvgIpc) is 2.42. The molecule has 0 radical (unpaired) electrons. The number of halogens is 1. The minimum Gasteiger partial charge on any atom is -0.306 e. The Morgan fingerprint density at radius 3 is 2.37 bits per heavy atom. The first kappa shape index (κ1) is 13.7. The van der Waals surface area contributed by atoms with Gasteiger partial charge in [0.1, 0.15) is 0 Å². The fourth-order valence-electron chi connectivity index (χ4n) is 1.58. The van der Waals surface area contributed by atoms with E-state index in [1.54, 1.807) is 12.1 Å². The third-order valence-corrected chi connectivity index (χ3v) is 3.48. The van der Waals surface area contributed by atoms with Gasteiger partial charge >= 0.3 is 6.03 Å². The fourth-order valence-corrected chi connectivity index (χ4v) is 2.10. The van der Waals surface area contributed by atoms with Crippen molar-refractivity contribution >= 4 is 40.0 Å². The van der Waals surface area contributed by atoms with Crippen LogP contribution in [0, 0.1) is 3.57 Å². The molecule has 2 N–H and O–H groups in total. The van der Waals surface area contributed by atoms with Gasteiger partial charge in [-0.1, -0.05) is 30.3 Å². The fraction of sp³-hybridized carbons (Fsp3) is 0.0714. The number of nitrogens with zero attached hydrogens (tertiary/aromatic N) is 1. The van der Waals surface area contributed by atoms with Crippen LogP contribution in [0.1, 0.15) is 0 Å². The molecule has 2 aromatic carbocycles. The molecule has 0 bridgehead atoms. The summed E-state index contributed by atoms with van der Waals surface area (Å²) in [5.41, 5.74) is 4.46. The molecule has 0 unspecified atom stereocenters. The van der Waals surface area contributed by atoms with Gasteiger partial charge in [0.15, 0.2) is 0 Å². The van der Waals surface area contributed by atoms with E-state index in [0.717, 1.165) is 14.9 Å². The first-order chi connectivity index (χ1) is 9.16. The van der Waals surface area contributed by atoms with Crippen molar-refractivity contribution in [3.63, 3.8) is 0 Å². The van der Waals surface area contributed by atoms with Gasteiger partial charge in [-0.3, -0.25) is 5.01 Å². The number of benzene rings is 2. The van der Waals surface area contributed by atoms with E-state index < -0.39 is 0 Å². The van der Waals surface area contributed by atoms with Crippen molar-refractivity contribution in [3.05, 3.63) is 58.2 Å². The lowest BCUT2D eigenvalue weighted by Crippen LogP contribution is -2.42. The minimum atomic E-state index is -0.268. The smallest absolute Gasteiger partial charge is 0.306 e. The maximum absolute atomic E-state index is 11.9. The number of rotatable bonds is 3. The number of carbonyl (C=O) groups excluding carboxylic acids is 1. The van der Waals surface area contributed by atoms with Crippen LogP contribution in [0.15, 0.2) is 54.6 Å². The number of hydrazine groups is 1. The van der Waals surface area contributed by atoms with Gasteiger partial charge in [0.2, 0.25) is 0 Å². The van der Waals surface area contributed by atoms with Crippen LogP contribution in [0.4, 0.5) is 16.2 Å². The molecule has 19 heavy (non-hydrogen) atoms. The summed E-state index contributed by atoms with van der Waals surface area (Å²) in [5, 5.41) is 4.48. The molecule has 0 atom stereocenters. The number of hydrogen-bond donors (Lipinski definition) is 2. The number of amides is 2. The SMILES string of the molecule is CN(NC(=O)Nc1ccccc1I)c1ccccc1. The molecule has 0 heterocycles. The van der Waals surface area contributed by atoms with Crippen molar-refractivity contribution < 1.29 is 4.79 Å². The van der Waals surface area contributed by atoms with Gasteiger partial charge in [0.25, 0.3) is 0 Å². The molecule has 5 heteroatoms. The number of anilines is 2. The van der Waals surface area contributed by atoms with E-state index in [4.69, 9.17) is 0 Å². The molecule has 98 valence electrons. The first-order valence-corrected chi connectivity index (χ1v) is 6.85. The van der Waals surface area contributed by atoms with Crippen molar-refractivity contribution in [2.75, 3.05) is 17.4 Å². The molecule has 0 aliphatic carbocycles.